The third-order valence-corrected chi connectivity index (χ3v) is 4.67. The van der Waals surface area contributed by atoms with Gasteiger partial charge in [-0.25, -0.2) is 8.91 Å². The highest BCUT2D eigenvalue weighted by atomic mass is 19.1. The fourth-order valence-electron chi connectivity index (χ4n) is 3.01. The third kappa shape index (κ3) is 2.92. The summed E-state index contributed by atoms with van der Waals surface area (Å²) in [4.78, 5) is 12.8. The van der Waals surface area contributed by atoms with Crippen LogP contribution in [0.2, 0.25) is 0 Å². The standard InChI is InChI=1S/C21H18FN3O/c1-14-3-4-16(11-15(14)2)13-24-9-10-25-20(21(24)26)12-19(23-25)17-5-7-18(22)8-6-17/h3-12H,13H2,1-2H3. The largest absolute Gasteiger partial charge is 0.308 e. The molecule has 26 heavy (non-hydrogen) atoms. The van der Waals surface area contributed by atoms with E-state index in [2.05, 4.69) is 31.1 Å². The van der Waals surface area contributed by atoms with Crippen LogP contribution < -0.4 is 5.56 Å². The van der Waals surface area contributed by atoms with Crippen LogP contribution >= 0.6 is 0 Å². The van der Waals surface area contributed by atoms with Gasteiger partial charge in [-0.15, -0.1) is 0 Å². The monoisotopic (exact) mass is 347 g/mol. The summed E-state index contributed by atoms with van der Waals surface area (Å²) in [5.41, 5.74) is 5.33. The van der Waals surface area contributed by atoms with Crippen molar-refractivity contribution < 1.29 is 4.39 Å². The summed E-state index contributed by atoms with van der Waals surface area (Å²) in [6.45, 7) is 4.64. The number of hydrogen-bond donors (Lipinski definition) is 0. The van der Waals surface area contributed by atoms with E-state index in [1.54, 1.807) is 39.7 Å². The Morgan fingerprint density at radius 2 is 1.73 bits per heavy atom. The minimum atomic E-state index is -0.298. The maximum Gasteiger partial charge on any atom is 0.276 e. The van der Waals surface area contributed by atoms with Gasteiger partial charge in [-0.1, -0.05) is 18.2 Å². The number of hydrogen-bond acceptors (Lipinski definition) is 2. The van der Waals surface area contributed by atoms with E-state index in [1.807, 2.05) is 6.07 Å². The van der Waals surface area contributed by atoms with E-state index in [-0.39, 0.29) is 11.4 Å². The highest BCUT2D eigenvalue weighted by Gasteiger charge is 2.10. The minimum Gasteiger partial charge on any atom is -0.308 e. The Bertz CT molecular complexity index is 1160. The highest BCUT2D eigenvalue weighted by Crippen LogP contribution is 2.19. The van der Waals surface area contributed by atoms with E-state index in [4.69, 9.17) is 0 Å². The van der Waals surface area contributed by atoms with Gasteiger partial charge in [0, 0.05) is 18.0 Å². The molecule has 0 atom stereocenters. The lowest BCUT2D eigenvalue weighted by atomic mass is 10.1. The van der Waals surface area contributed by atoms with Crippen LogP contribution in [-0.4, -0.2) is 14.2 Å². The van der Waals surface area contributed by atoms with Gasteiger partial charge in [0.05, 0.1) is 12.2 Å². The summed E-state index contributed by atoms with van der Waals surface area (Å²) in [7, 11) is 0. The number of halogens is 1. The average Bonchev–Trinajstić information content (AvgIpc) is 3.06. The van der Waals surface area contributed by atoms with Crippen molar-refractivity contribution in [2.45, 2.75) is 20.4 Å². The van der Waals surface area contributed by atoms with Crippen LogP contribution in [0.5, 0.6) is 0 Å². The van der Waals surface area contributed by atoms with E-state index >= 15 is 0 Å². The Hall–Kier alpha value is -3.21. The topological polar surface area (TPSA) is 39.3 Å². The second kappa shape index (κ2) is 6.26. The van der Waals surface area contributed by atoms with Gasteiger partial charge < -0.3 is 4.57 Å². The molecule has 4 nitrogen and oxygen atoms in total. The van der Waals surface area contributed by atoms with Crippen LogP contribution in [0.25, 0.3) is 16.8 Å². The summed E-state index contributed by atoms with van der Waals surface area (Å²) in [5.74, 6) is -0.298. The minimum absolute atomic E-state index is 0.105. The van der Waals surface area contributed by atoms with Crippen molar-refractivity contribution >= 4 is 5.52 Å². The molecule has 0 N–H and O–H groups in total. The molecule has 0 amide bonds. The van der Waals surface area contributed by atoms with Crippen molar-refractivity contribution in [1.29, 1.82) is 0 Å². The molecule has 130 valence electrons. The van der Waals surface area contributed by atoms with E-state index < -0.39 is 0 Å². The first kappa shape index (κ1) is 16.3. The highest BCUT2D eigenvalue weighted by molar-refractivity contribution is 5.65. The van der Waals surface area contributed by atoms with Crippen LogP contribution in [0.1, 0.15) is 16.7 Å². The lowest BCUT2D eigenvalue weighted by Crippen LogP contribution is -2.21. The molecule has 0 saturated heterocycles. The Morgan fingerprint density at radius 3 is 2.46 bits per heavy atom. The number of aryl methyl sites for hydroxylation is 2. The molecule has 5 heteroatoms. The molecule has 2 aromatic heterocycles. The molecular weight excluding hydrogens is 329 g/mol. The summed E-state index contributed by atoms with van der Waals surface area (Å²) < 4.78 is 16.3. The van der Waals surface area contributed by atoms with Gasteiger partial charge >= 0.3 is 0 Å². The summed E-state index contributed by atoms with van der Waals surface area (Å²) in [5, 5.41) is 4.43. The van der Waals surface area contributed by atoms with Crippen LogP contribution in [-0.2, 0) is 6.54 Å². The number of nitrogens with zero attached hydrogens (tertiary/aromatic N) is 3. The molecule has 4 rings (SSSR count). The summed E-state index contributed by atoms with van der Waals surface area (Å²) in [6.07, 6.45) is 3.51. The maximum atomic E-state index is 13.1. The molecule has 2 aromatic carbocycles. The van der Waals surface area contributed by atoms with E-state index in [0.29, 0.717) is 17.8 Å². The lowest BCUT2D eigenvalue weighted by Gasteiger charge is -2.08. The molecule has 2 heterocycles. The Labute approximate surface area is 150 Å². The zero-order chi connectivity index (χ0) is 18.3. The van der Waals surface area contributed by atoms with Crippen molar-refractivity contribution in [2.24, 2.45) is 0 Å². The molecule has 0 bridgehead atoms. The van der Waals surface area contributed by atoms with Gasteiger partial charge in [-0.2, -0.15) is 5.10 Å². The lowest BCUT2D eigenvalue weighted by molar-refractivity contribution is 0.628. The molecule has 0 saturated carbocycles. The van der Waals surface area contributed by atoms with Crippen LogP contribution in [0.15, 0.2) is 65.7 Å². The molecule has 0 aliphatic rings. The maximum absolute atomic E-state index is 13.1. The predicted molar refractivity (Wildman–Crippen MR) is 99.9 cm³/mol. The molecular formula is C21H18FN3O. The molecule has 0 aliphatic carbocycles. The Balaban J connectivity index is 1.73. The number of aromatic nitrogens is 3. The van der Waals surface area contributed by atoms with Crippen LogP contribution in [0.3, 0.4) is 0 Å². The van der Waals surface area contributed by atoms with Crippen molar-refractivity contribution in [2.75, 3.05) is 0 Å². The SMILES string of the molecule is Cc1ccc(Cn2ccn3nc(-c4ccc(F)cc4)cc3c2=O)cc1C. The summed E-state index contributed by atoms with van der Waals surface area (Å²) in [6, 6.07) is 14.0. The molecule has 0 spiro atoms. The molecule has 0 radical (unpaired) electrons. The van der Waals surface area contributed by atoms with Gasteiger partial charge in [0.2, 0.25) is 0 Å². The van der Waals surface area contributed by atoms with Gasteiger partial charge in [0.25, 0.3) is 5.56 Å². The summed E-state index contributed by atoms with van der Waals surface area (Å²) >= 11 is 0. The predicted octanol–water partition coefficient (Wildman–Crippen LogP) is 3.97. The van der Waals surface area contributed by atoms with Crippen molar-refractivity contribution in [3.8, 4) is 11.3 Å². The van der Waals surface area contributed by atoms with E-state index in [9.17, 15) is 9.18 Å². The molecule has 0 fully saturated rings. The number of rotatable bonds is 3. The molecule has 0 unspecified atom stereocenters. The fourth-order valence-corrected chi connectivity index (χ4v) is 3.01. The zero-order valence-electron chi connectivity index (χ0n) is 14.6. The van der Waals surface area contributed by atoms with Crippen molar-refractivity contribution in [1.82, 2.24) is 14.2 Å². The van der Waals surface area contributed by atoms with E-state index in [0.717, 1.165) is 11.1 Å². The Morgan fingerprint density at radius 1 is 0.962 bits per heavy atom. The van der Waals surface area contributed by atoms with Gasteiger partial charge in [0.1, 0.15) is 11.3 Å². The second-order valence-electron chi connectivity index (χ2n) is 6.52. The first-order chi connectivity index (χ1) is 12.5. The van der Waals surface area contributed by atoms with Crippen molar-refractivity contribution in [3.63, 3.8) is 0 Å². The van der Waals surface area contributed by atoms with Crippen LogP contribution in [0.4, 0.5) is 4.39 Å². The first-order valence-electron chi connectivity index (χ1n) is 8.42. The van der Waals surface area contributed by atoms with Crippen molar-refractivity contribution in [3.05, 3.63) is 93.8 Å². The number of fused-ring (bicyclic) bond motifs is 1. The first-order valence-corrected chi connectivity index (χ1v) is 8.42. The molecule has 4 aromatic rings. The van der Waals surface area contributed by atoms with Gasteiger partial charge in [-0.3, -0.25) is 4.79 Å². The smallest absolute Gasteiger partial charge is 0.276 e. The Kier molecular flexibility index (Phi) is 3.92. The molecule has 0 aliphatic heterocycles. The number of benzene rings is 2. The normalized spacial score (nSPS) is 11.2. The quantitative estimate of drug-likeness (QED) is 0.563. The van der Waals surface area contributed by atoms with E-state index in [1.165, 1.54) is 23.3 Å². The van der Waals surface area contributed by atoms with Gasteiger partial charge in [0.15, 0.2) is 0 Å². The fraction of sp³-hybridized carbons (Fsp3) is 0.143. The zero-order valence-corrected chi connectivity index (χ0v) is 14.6. The second-order valence-corrected chi connectivity index (χ2v) is 6.52. The third-order valence-electron chi connectivity index (χ3n) is 4.67. The average molecular weight is 347 g/mol. The van der Waals surface area contributed by atoms with Gasteiger partial charge in [-0.05, 0) is 60.9 Å². The van der Waals surface area contributed by atoms with Crippen LogP contribution in [0, 0.1) is 19.7 Å².